The summed E-state index contributed by atoms with van der Waals surface area (Å²) in [4.78, 5) is 22.5. The highest BCUT2D eigenvalue weighted by molar-refractivity contribution is 7.99. The molecule has 1 aromatic rings. The number of carboxylic acid groups (broad SMARTS) is 1. The SMILES string of the molecule is CC(C)C(SCc1ccccc1)C(=O)NCCC(=O)O. The van der Waals surface area contributed by atoms with E-state index < -0.39 is 5.97 Å². The predicted octanol–water partition coefficient (Wildman–Crippen LogP) is 2.54. The maximum absolute atomic E-state index is 12.1. The first-order valence-corrected chi connectivity index (χ1v) is 7.70. The van der Waals surface area contributed by atoms with Gasteiger partial charge in [0.25, 0.3) is 0 Å². The molecule has 5 heteroatoms. The first-order valence-electron chi connectivity index (χ1n) is 6.65. The van der Waals surface area contributed by atoms with Crippen LogP contribution in [0, 0.1) is 5.92 Å². The van der Waals surface area contributed by atoms with Crippen LogP contribution in [-0.2, 0) is 15.3 Å². The van der Waals surface area contributed by atoms with Crippen molar-refractivity contribution in [2.75, 3.05) is 6.54 Å². The largest absolute Gasteiger partial charge is 0.481 e. The van der Waals surface area contributed by atoms with Crippen molar-refractivity contribution in [3.05, 3.63) is 35.9 Å². The van der Waals surface area contributed by atoms with Gasteiger partial charge in [-0.2, -0.15) is 0 Å². The normalized spacial score (nSPS) is 12.2. The molecule has 4 nitrogen and oxygen atoms in total. The van der Waals surface area contributed by atoms with Crippen molar-refractivity contribution in [1.29, 1.82) is 0 Å². The van der Waals surface area contributed by atoms with Gasteiger partial charge in [-0.05, 0) is 11.5 Å². The van der Waals surface area contributed by atoms with Gasteiger partial charge in [-0.25, -0.2) is 0 Å². The summed E-state index contributed by atoms with van der Waals surface area (Å²) >= 11 is 1.59. The summed E-state index contributed by atoms with van der Waals surface area (Å²) in [7, 11) is 0. The Balaban J connectivity index is 2.47. The third-order valence-corrected chi connectivity index (χ3v) is 4.39. The third-order valence-electron chi connectivity index (χ3n) is 2.77. The zero-order valence-corrected chi connectivity index (χ0v) is 12.7. The van der Waals surface area contributed by atoms with Crippen molar-refractivity contribution >= 4 is 23.6 Å². The summed E-state index contributed by atoms with van der Waals surface area (Å²) < 4.78 is 0. The molecule has 110 valence electrons. The molecule has 0 heterocycles. The first-order chi connectivity index (χ1) is 9.50. The second kappa shape index (κ2) is 8.64. The number of aliphatic carboxylic acids is 1. The van der Waals surface area contributed by atoms with E-state index in [4.69, 9.17) is 5.11 Å². The molecule has 0 radical (unpaired) electrons. The molecule has 1 amide bonds. The molecule has 0 aliphatic heterocycles. The van der Waals surface area contributed by atoms with E-state index in [1.807, 2.05) is 44.2 Å². The minimum absolute atomic E-state index is 0.0418. The van der Waals surface area contributed by atoms with Crippen LogP contribution in [0.4, 0.5) is 0 Å². The monoisotopic (exact) mass is 295 g/mol. The number of rotatable bonds is 8. The summed E-state index contributed by atoms with van der Waals surface area (Å²) in [5.74, 6) is -0.00480. The van der Waals surface area contributed by atoms with Gasteiger partial charge in [0.05, 0.1) is 11.7 Å². The van der Waals surface area contributed by atoms with Crippen LogP contribution in [-0.4, -0.2) is 28.8 Å². The van der Waals surface area contributed by atoms with Crippen molar-refractivity contribution in [3.8, 4) is 0 Å². The van der Waals surface area contributed by atoms with Gasteiger partial charge < -0.3 is 10.4 Å². The lowest BCUT2D eigenvalue weighted by atomic mass is 10.1. The molecule has 0 bridgehead atoms. The van der Waals surface area contributed by atoms with E-state index in [2.05, 4.69) is 5.32 Å². The summed E-state index contributed by atoms with van der Waals surface area (Å²) in [6.07, 6.45) is -0.0418. The van der Waals surface area contributed by atoms with Crippen molar-refractivity contribution in [3.63, 3.8) is 0 Å². The van der Waals surface area contributed by atoms with Crippen LogP contribution in [0.1, 0.15) is 25.8 Å². The van der Waals surface area contributed by atoms with Gasteiger partial charge in [-0.1, -0.05) is 44.2 Å². The maximum atomic E-state index is 12.1. The Morgan fingerprint density at radius 2 is 1.90 bits per heavy atom. The average Bonchev–Trinajstić information content (AvgIpc) is 2.39. The number of thioether (sulfide) groups is 1. The molecule has 2 N–H and O–H groups in total. The fourth-order valence-corrected chi connectivity index (χ4v) is 2.91. The quantitative estimate of drug-likeness (QED) is 0.773. The van der Waals surface area contributed by atoms with Crippen molar-refractivity contribution < 1.29 is 14.7 Å². The van der Waals surface area contributed by atoms with E-state index in [0.29, 0.717) is 0 Å². The minimum Gasteiger partial charge on any atom is -0.481 e. The van der Waals surface area contributed by atoms with Crippen molar-refractivity contribution in [1.82, 2.24) is 5.32 Å². The van der Waals surface area contributed by atoms with E-state index in [9.17, 15) is 9.59 Å². The zero-order valence-electron chi connectivity index (χ0n) is 11.8. The highest BCUT2D eigenvalue weighted by Gasteiger charge is 2.22. The maximum Gasteiger partial charge on any atom is 0.305 e. The second-order valence-corrected chi connectivity index (χ2v) is 6.03. The summed E-state index contributed by atoms with van der Waals surface area (Å²) in [6, 6.07) is 9.99. The van der Waals surface area contributed by atoms with E-state index in [0.717, 1.165) is 5.75 Å². The number of carbonyl (C=O) groups is 2. The molecule has 0 aliphatic rings. The fourth-order valence-electron chi connectivity index (χ4n) is 1.72. The Morgan fingerprint density at radius 3 is 2.45 bits per heavy atom. The lowest BCUT2D eigenvalue weighted by Gasteiger charge is -2.19. The first kappa shape index (κ1) is 16.6. The Labute approximate surface area is 124 Å². The molecule has 0 aliphatic carbocycles. The van der Waals surface area contributed by atoms with Crippen LogP contribution in [0.5, 0.6) is 0 Å². The van der Waals surface area contributed by atoms with Gasteiger partial charge in [-0.15, -0.1) is 11.8 Å². The third kappa shape index (κ3) is 6.10. The predicted molar refractivity (Wildman–Crippen MR) is 81.6 cm³/mol. The molecule has 0 saturated heterocycles. The Bertz CT molecular complexity index is 434. The summed E-state index contributed by atoms with van der Waals surface area (Å²) in [5.41, 5.74) is 1.18. The Morgan fingerprint density at radius 1 is 1.25 bits per heavy atom. The number of hydrogen-bond donors (Lipinski definition) is 2. The van der Waals surface area contributed by atoms with Crippen LogP contribution in [0.15, 0.2) is 30.3 Å². The number of nitrogens with one attached hydrogen (secondary N) is 1. The van der Waals surface area contributed by atoms with Crippen molar-refractivity contribution in [2.24, 2.45) is 5.92 Å². The average molecular weight is 295 g/mol. The van der Waals surface area contributed by atoms with E-state index >= 15 is 0 Å². The zero-order chi connectivity index (χ0) is 15.0. The molecule has 0 fully saturated rings. The topological polar surface area (TPSA) is 66.4 Å². The number of carboxylic acids is 1. The molecule has 20 heavy (non-hydrogen) atoms. The Hall–Kier alpha value is -1.49. The van der Waals surface area contributed by atoms with E-state index in [1.165, 1.54) is 5.56 Å². The molecule has 0 spiro atoms. The molecule has 0 aromatic heterocycles. The highest BCUT2D eigenvalue weighted by Crippen LogP contribution is 2.23. The molecule has 1 unspecified atom stereocenters. The van der Waals surface area contributed by atoms with Gasteiger partial charge in [0, 0.05) is 12.3 Å². The number of hydrogen-bond acceptors (Lipinski definition) is 3. The van der Waals surface area contributed by atoms with Crippen LogP contribution in [0.25, 0.3) is 0 Å². The van der Waals surface area contributed by atoms with E-state index in [1.54, 1.807) is 11.8 Å². The summed E-state index contributed by atoms with van der Waals surface area (Å²) in [6.45, 7) is 4.18. The molecule has 1 rings (SSSR count). The van der Waals surface area contributed by atoms with Gasteiger partial charge in [0.15, 0.2) is 0 Å². The molecular weight excluding hydrogens is 274 g/mol. The van der Waals surface area contributed by atoms with Crippen molar-refractivity contribution in [2.45, 2.75) is 31.3 Å². The van der Waals surface area contributed by atoms with Crippen LogP contribution in [0.3, 0.4) is 0 Å². The molecule has 1 aromatic carbocycles. The standard InChI is InChI=1S/C15H21NO3S/c1-11(2)14(15(19)16-9-8-13(17)18)20-10-12-6-4-3-5-7-12/h3-7,11,14H,8-10H2,1-2H3,(H,16,19)(H,17,18). The molecule has 0 saturated carbocycles. The van der Waals surface area contributed by atoms with Crippen LogP contribution in [0.2, 0.25) is 0 Å². The second-order valence-electron chi connectivity index (χ2n) is 4.90. The van der Waals surface area contributed by atoms with Gasteiger partial charge in [0.2, 0.25) is 5.91 Å². The number of benzene rings is 1. The van der Waals surface area contributed by atoms with E-state index in [-0.39, 0.29) is 30.0 Å². The van der Waals surface area contributed by atoms with Gasteiger partial charge in [0.1, 0.15) is 0 Å². The lowest BCUT2D eigenvalue weighted by molar-refractivity contribution is -0.136. The van der Waals surface area contributed by atoms with Gasteiger partial charge >= 0.3 is 5.97 Å². The Kier molecular flexibility index (Phi) is 7.15. The highest BCUT2D eigenvalue weighted by atomic mass is 32.2. The fraction of sp³-hybridized carbons (Fsp3) is 0.467. The number of amides is 1. The summed E-state index contributed by atoms with van der Waals surface area (Å²) in [5, 5.41) is 11.1. The lowest BCUT2D eigenvalue weighted by Crippen LogP contribution is -2.37. The smallest absolute Gasteiger partial charge is 0.305 e. The minimum atomic E-state index is -0.900. The number of carbonyl (C=O) groups excluding carboxylic acids is 1. The molecule has 1 atom stereocenters. The van der Waals surface area contributed by atoms with Crippen LogP contribution >= 0.6 is 11.8 Å². The van der Waals surface area contributed by atoms with Gasteiger partial charge in [-0.3, -0.25) is 9.59 Å². The van der Waals surface area contributed by atoms with Crippen LogP contribution < -0.4 is 5.32 Å². The molecular formula is C15H21NO3S.